The molecule has 0 spiro atoms. The Bertz CT molecular complexity index is 139. The molecule has 0 aromatic rings. The average molecular weight is 170 g/mol. The molecule has 0 bridgehead atoms. The lowest BCUT2D eigenvalue weighted by Gasteiger charge is -1.94. The summed E-state index contributed by atoms with van der Waals surface area (Å²) in [7, 11) is 0. The summed E-state index contributed by atoms with van der Waals surface area (Å²) in [6.07, 6.45) is 9.78. The summed E-state index contributed by atoms with van der Waals surface area (Å²) in [6.45, 7) is 2.11. The normalized spacial score (nSPS) is 10.8. The Morgan fingerprint density at radius 3 is 2.58 bits per heavy atom. The average Bonchev–Trinajstić information content (AvgIpc) is 2.02. The monoisotopic (exact) mass is 170 g/mol. The van der Waals surface area contributed by atoms with Gasteiger partial charge in [0.05, 0.1) is 0 Å². The van der Waals surface area contributed by atoms with Crippen LogP contribution >= 0.6 is 0 Å². The van der Waals surface area contributed by atoms with Crippen LogP contribution in [0.5, 0.6) is 0 Å². The molecule has 0 amide bonds. The minimum atomic E-state index is -0.681. The van der Waals surface area contributed by atoms with Crippen molar-refractivity contribution in [3.05, 3.63) is 12.2 Å². The van der Waals surface area contributed by atoms with E-state index in [4.69, 9.17) is 5.11 Å². The van der Waals surface area contributed by atoms with E-state index in [1.165, 1.54) is 0 Å². The fourth-order valence-corrected chi connectivity index (χ4v) is 1.000. The van der Waals surface area contributed by atoms with Gasteiger partial charge in [0.1, 0.15) is 0 Å². The van der Waals surface area contributed by atoms with Crippen LogP contribution in [0.1, 0.15) is 45.4 Å². The smallest absolute Gasteiger partial charge is 0.303 e. The maximum Gasteiger partial charge on any atom is 0.303 e. The molecule has 0 saturated carbocycles. The number of allylic oxidation sites excluding steroid dienone is 2. The van der Waals surface area contributed by atoms with Gasteiger partial charge in [-0.05, 0) is 25.7 Å². The SMILES string of the molecule is CCC=CCCCCCC(=O)O. The highest BCUT2D eigenvalue weighted by molar-refractivity contribution is 5.66. The standard InChI is InChI=1S/C10H18O2/c1-2-3-4-5-6-7-8-9-10(11)12/h3-4H,2,5-9H2,1H3,(H,11,12). The summed E-state index contributed by atoms with van der Waals surface area (Å²) in [4.78, 5) is 10.1. The molecule has 0 unspecified atom stereocenters. The molecular weight excluding hydrogens is 152 g/mol. The molecule has 0 saturated heterocycles. The number of carbonyl (C=O) groups is 1. The first-order valence-electron chi connectivity index (χ1n) is 4.64. The van der Waals surface area contributed by atoms with Gasteiger partial charge in [0.2, 0.25) is 0 Å². The van der Waals surface area contributed by atoms with Crippen LogP contribution in [0.3, 0.4) is 0 Å². The topological polar surface area (TPSA) is 37.3 Å². The first kappa shape index (κ1) is 11.2. The number of hydrogen-bond donors (Lipinski definition) is 1. The van der Waals surface area contributed by atoms with Gasteiger partial charge in [-0.15, -0.1) is 0 Å². The zero-order valence-corrected chi connectivity index (χ0v) is 7.75. The molecule has 1 N–H and O–H groups in total. The Hall–Kier alpha value is -0.790. The van der Waals surface area contributed by atoms with Gasteiger partial charge in [-0.25, -0.2) is 0 Å². The third-order valence-electron chi connectivity index (χ3n) is 1.66. The van der Waals surface area contributed by atoms with E-state index in [0.29, 0.717) is 6.42 Å². The van der Waals surface area contributed by atoms with E-state index >= 15 is 0 Å². The number of unbranched alkanes of at least 4 members (excludes halogenated alkanes) is 3. The highest BCUT2D eigenvalue weighted by Crippen LogP contribution is 2.03. The molecule has 0 aliphatic carbocycles. The molecule has 0 aromatic carbocycles. The second-order valence-corrected chi connectivity index (χ2v) is 2.87. The second-order valence-electron chi connectivity index (χ2n) is 2.87. The number of carboxylic acids is 1. The predicted molar refractivity (Wildman–Crippen MR) is 50.2 cm³/mol. The highest BCUT2D eigenvalue weighted by Gasteiger charge is 1.94. The zero-order valence-electron chi connectivity index (χ0n) is 7.75. The summed E-state index contributed by atoms with van der Waals surface area (Å²) >= 11 is 0. The fourth-order valence-electron chi connectivity index (χ4n) is 1.000. The highest BCUT2D eigenvalue weighted by atomic mass is 16.4. The summed E-state index contributed by atoms with van der Waals surface area (Å²) < 4.78 is 0. The van der Waals surface area contributed by atoms with E-state index in [-0.39, 0.29) is 0 Å². The molecule has 12 heavy (non-hydrogen) atoms. The molecule has 0 heterocycles. The lowest BCUT2D eigenvalue weighted by Crippen LogP contribution is -1.93. The number of carboxylic acid groups (broad SMARTS) is 1. The van der Waals surface area contributed by atoms with Crippen molar-refractivity contribution in [3.8, 4) is 0 Å². The van der Waals surface area contributed by atoms with Crippen molar-refractivity contribution in [1.82, 2.24) is 0 Å². The van der Waals surface area contributed by atoms with Crippen LogP contribution in [0.25, 0.3) is 0 Å². The Balaban J connectivity index is 3.00. The first-order valence-corrected chi connectivity index (χ1v) is 4.64. The van der Waals surface area contributed by atoms with Gasteiger partial charge >= 0.3 is 5.97 Å². The lowest BCUT2D eigenvalue weighted by atomic mass is 10.1. The minimum Gasteiger partial charge on any atom is -0.481 e. The molecule has 70 valence electrons. The maximum atomic E-state index is 10.1. The third kappa shape index (κ3) is 9.21. The molecule has 0 radical (unpaired) electrons. The van der Waals surface area contributed by atoms with Crippen LogP contribution in [-0.2, 0) is 4.79 Å². The van der Waals surface area contributed by atoms with Crippen LogP contribution < -0.4 is 0 Å². The molecule has 0 aromatic heterocycles. The van der Waals surface area contributed by atoms with Gasteiger partial charge < -0.3 is 5.11 Å². The van der Waals surface area contributed by atoms with Crippen LogP contribution in [-0.4, -0.2) is 11.1 Å². The fraction of sp³-hybridized carbons (Fsp3) is 0.700. The summed E-state index contributed by atoms with van der Waals surface area (Å²) in [5, 5.41) is 8.34. The van der Waals surface area contributed by atoms with Crippen molar-refractivity contribution < 1.29 is 9.90 Å². The van der Waals surface area contributed by atoms with E-state index in [0.717, 1.165) is 32.1 Å². The number of aliphatic carboxylic acids is 1. The van der Waals surface area contributed by atoms with E-state index in [1.807, 2.05) is 0 Å². The van der Waals surface area contributed by atoms with Crippen molar-refractivity contribution in [2.45, 2.75) is 45.4 Å². The molecule has 2 nitrogen and oxygen atoms in total. The minimum absolute atomic E-state index is 0.317. The Kier molecular flexibility index (Phi) is 7.76. The molecule has 0 rings (SSSR count). The van der Waals surface area contributed by atoms with Crippen LogP contribution in [0.15, 0.2) is 12.2 Å². The Morgan fingerprint density at radius 2 is 2.00 bits per heavy atom. The zero-order chi connectivity index (χ0) is 9.23. The Labute approximate surface area is 74.3 Å². The van der Waals surface area contributed by atoms with Crippen LogP contribution in [0.4, 0.5) is 0 Å². The molecule has 0 aliphatic rings. The van der Waals surface area contributed by atoms with E-state index in [2.05, 4.69) is 19.1 Å². The van der Waals surface area contributed by atoms with Gasteiger partial charge in [-0.1, -0.05) is 25.5 Å². The van der Waals surface area contributed by atoms with Crippen molar-refractivity contribution in [1.29, 1.82) is 0 Å². The van der Waals surface area contributed by atoms with E-state index in [1.54, 1.807) is 0 Å². The summed E-state index contributed by atoms with van der Waals surface area (Å²) in [6, 6.07) is 0. The van der Waals surface area contributed by atoms with Gasteiger partial charge in [0, 0.05) is 6.42 Å². The van der Waals surface area contributed by atoms with Crippen molar-refractivity contribution in [3.63, 3.8) is 0 Å². The number of hydrogen-bond acceptors (Lipinski definition) is 1. The molecular formula is C10H18O2. The van der Waals surface area contributed by atoms with Gasteiger partial charge in [-0.3, -0.25) is 4.79 Å². The summed E-state index contributed by atoms with van der Waals surface area (Å²) in [5.74, 6) is -0.681. The van der Waals surface area contributed by atoms with Crippen molar-refractivity contribution >= 4 is 5.97 Å². The van der Waals surface area contributed by atoms with E-state index in [9.17, 15) is 4.79 Å². The predicted octanol–water partition coefficient (Wildman–Crippen LogP) is 2.99. The second kappa shape index (κ2) is 8.31. The molecule has 0 fully saturated rings. The Morgan fingerprint density at radius 1 is 1.25 bits per heavy atom. The molecule has 0 aliphatic heterocycles. The largest absolute Gasteiger partial charge is 0.481 e. The summed E-state index contributed by atoms with van der Waals surface area (Å²) in [5.41, 5.74) is 0. The van der Waals surface area contributed by atoms with Crippen LogP contribution in [0.2, 0.25) is 0 Å². The first-order chi connectivity index (χ1) is 5.77. The van der Waals surface area contributed by atoms with Gasteiger partial charge in [0.15, 0.2) is 0 Å². The van der Waals surface area contributed by atoms with Gasteiger partial charge in [0.25, 0.3) is 0 Å². The van der Waals surface area contributed by atoms with Gasteiger partial charge in [-0.2, -0.15) is 0 Å². The van der Waals surface area contributed by atoms with Crippen LogP contribution in [0, 0.1) is 0 Å². The maximum absolute atomic E-state index is 10.1. The van der Waals surface area contributed by atoms with Crippen molar-refractivity contribution in [2.24, 2.45) is 0 Å². The molecule has 2 heteroatoms. The lowest BCUT2D eigenvalue weighted by molar-refractivity contribution is -0.137. The molecule has 0 atom stereocenters. The quantitative estimate of drug-likeness (QED) is 0.471. The number of rotatable bonds is 7. The third-order valence-corrected chi connectivity index (χ3v) is 1.66. The van der Waals surface area contributed by atoms with Crippen molar-refractivity contribution in [2.75, 3.05) is 0 Å². The van der Waals surface area contributed by atoms with E-state index < -0.39 is 5.97 Å².